The van der Waals surface area contributed by atoms with Crippen LogP contribution in [-0.4, -0.2) is 51.4 Å². The second kappa shape index (κ2) is 7.85. The molecule has 1 aromatic carbocycles. The fourth-order valence-corrected chi connectivity index (χ4v) is 2.63. The first-order valence-corrected chi connectivity index (χ1v) is 8.04. The van der Waals surface area contributed by atoms with Crippen molar-refractivity contribution in [1.82, 2.24) is 4.98 Å². The van der Waals surface area contributed by atoms with Crippen LogP contribution in [0.5, 0.6) is 11.5 Å². The van der Waals surface area contributed by atoms with Gasteiger partial charge in [0, 0.05) is 24.8 Å². The van der Waals surface area contributed by atoms with E-state index in [9.17, 15) is 4.79 Å². The molecule has 2 heterocycles. The number of carbonyl (C=O) groups is 1. The van der Waals surface area contributed by atoms with Crippen molar-refractivity contribution in [3.8, 4) is 11.5 Å². The van der Waals surface area contributed by atoms with Crippen LogP contribution in [0.4, 0.5) is 11.5 Å². The summed E-state index contributed by atoms with van der Waals surface area (Å²) in [7, 11) is 3.12. The van der Waals surface area contributed by atoms with E-state index < -0.39 is 0 Å². The van der Waals surface area contributed by atoms with Crippen molar-refractivity contribution in [2.24, 2.45) is 0 Å². The third-order valence-corrected chi connectivity index (χ3v) is 3.94. The summed E-state index contributed by atoms with van der Waals surface area (Å²) in [6, 6.07) is 10.6. The molecule has 0 saturated carbocycles. The average Bonchev–Trinajstić information content (AvgIpc) is 2.68. The number of carbonyl (C=O) groups excluding carboxylic acids is 1. The molecule has 0 spiro atoms. The quantitative estimate of drug-likeness (QED) is 0.897. The van der Waals surface area contributed by atoms with Gasteiger partial charge in [-0.2, -0.15) is 0 Å². The van der Waals surface area contributed by atoms with Crippen LogP contribution >= 0.6 is 0 Å². The second-order valence-corrected chi connectivity index (χ2v) is 5.50. The van der Waals surface area contributed by atoms with Crippen molar-refractivity contribution < 1.29 is 19.0 Å². The molecule has 1 saturated heterocycles. The molecule has 0 bridgehead atoms. The van der Waals surface area contributed by atoms with Gasteiger partial charge in [0.05, 0.1) is 27.4 Å². The average molecular weight is 343 g/mol. The monoisotopic (exact) mass is 343 g/mol. The predicted molar refractivity (Wildman–Crippen MR) is 94.8 cm³/mol. The largest absolute Gasteiger partial charge is 0.493 e. The zero-order valence-corrected chi connectivity index (χ0v) is 14.3. The number of hydrogen-bond acceptors (Lipinski definition) is 6. The smallest absolute Gasteiger partial charge is 0.274 e. The topological polar surface area (TPSA) is 72.9 Å². The molecule has 1 aliphatic heterocycles. The molecule has 1 amide bonds. The molecule has 1 aliphatic rings. The highest BCUT2D eigenvalue weighted by Gasteiger charge is 2.15. The second-order valence-electron chi connectivity index (χ2n) is 5.50. The van der Waals surface area contributed by atoms with E-state index >= 15 is 0 Å². The summed E-state index contributed by atoms with van der Waals surface area (Å²) < 4.78 is 15.8. The molecule has 1 aromatic heterocycles. The number of ether oxygens (including phenoxy) is 3. The number of methoxy groups -OCH3 is 2. The minimum absolute atomic E-state index is 0.276. The van der Waals surface area contributed by atoms with Gasteiger partial charge in [-0.05, 0) is 24.3 Å². The molecule has 2 aromatic rings. The number of rotatable bonds is 5. The molecule has 132 valence electrons. The van der Waals surface area contributed by atoms with Crippen molar-refractivity contribution in [3.05, 3.63) is 42.1 Å². The Morgan fingerprint density at radius 3 is 2.60 bits per heavy atom. The summed E-state index contributed by atoms with van der Waals surface area (Å²) in [5.74, 6) is 1.66. The van der Waals surface area contributed by atoms with Crippen LogP contribution in [0.15, 0.2) is 36.4 Å². The van der Waals surface area contributed by atoms with Crippen LogP contribution < -0.4 is 19.7 Å². The highest BCUT2D eigenvalue weighted by molar-refractivity contribution is 6.03. The van der Waals surface area contributed by atoms with Crippen molar-refractivity contribution in [3.63, 3.8) is 0 Å². The molecule has 7 heteroatoms. The fourth-order valence-electron chi connectivity index (χ4n) is 2.63. The van der Waals surface area contributed by atoms with Crippen molar-refractivity contribution >= 4 is 17.4 Å². The van der Waals surface area contributed by atoms with Crippen LogP contribution in [0.1, 0.15) is 10.5 Å². The van der Waals surface area contributed by atoms with Gasteiger partial charge in [0.25, 0.3) is 5.91 Å². The number of hydrogen-bond donors (Lipinski definition) is 1. The van der Waals surface area contributed by atoms with Gasteiger partial charge in [-0.25, -0.2) is 4.98 Å². The zero-order chi connectivity index (χ0) is 17.6. The SMILES string of the molecule is COc1ccc(NC(=O)c2cccc(N3CCOCC3)n2)cc1OC. The van der Waals surface area contributed by atoms with Crippen LogP contribution in [0.2, 0.25) is 0 Å². The first kappa shape index (κ1) is 17.0. The Hall–Kier alpha value is -2.80. The maximum absolute atomic E-state index is 12.5. The van der Waals surface area contributed by atoms with E-state index in [2.05, 4.69) is 15.2 Å². The van der Waals surface area contributed by atoms with Gasteiger partial charge in [-0.3, -0.25) is 4.79 Å². The van der Waals surface area contributed by atoms with Gasteiger partial charge < -0.3 is 24.4 Å². The minimum atomic E-state index is -0.276. The summed E-state index contributed by atoms with van der Waals surface area (Å²) in [4.78, 5) is 19.1. The lowest BCUT2D eigenvalue weighted by Crippen LogP contribution is -2.37. The van der Waals surface area contributed by atoms with E-state index in [1.165, 1.54) is 0 Å². The van der Waals surface area contributed by atoms with Gasteiger partial charge in [-0.1, -0.05) is 6.07 Å². The molecule has 3 rings (SSSR count). The third-order valence-electron chi connectivity index (χ3n) is 3.94. The van der Waals surface area contributed by atoms with E-state index in [1.54, 1.807) is 38.5 Å². The van der Waals surface area contributed by atoms with E-state index in [1.807, 2.05) is 12.1 Å². The summed E-state index contributed by atoms with van der Waals surface area (Å²) in [6.45, 7) is 2.88. The third kappa shape index (κ3) is 4.00. The molecule has 0 aliphatic carbocycles. The number of amides is 1. The number of aromatic nitrogens is 1. The number of morpholine rings is 1. The number of nitrogens with zero attached hydrogens (tertiary/aromatic N) is 2. The first-order chi connectivity index (χ1) is 12.2. The summed E-state index contributed by atoms with van der Waals surface area (Å²) in [5, 5.41) is 2.83. The fraction of sp³-hybridized carbons (Fsp3) is 0.333. The van der Waals surface area contributed by atoms with E-state index in [0.717, 1.165) is 18.9 Å². The highest BCUT2D eigenvalue weighted by Crippen LogP contribution is 2.29. The summed E-state index contributed by atoms with van der Waals surface area (Å²) >= 11 is 0. The van der Waals surface area contributed by atoms with Gasteiger partial charge >= 0.3 is 0 Å². The Labute approximate surface area is 146 Å². The lowest BCUT2D eigenvalue weighted by Gasteiger charge is -2.27. The minimum Gasteiger partial charge on any atom is -0.493 e. The zero-order valence-electron chi connectivity index (χ0n) is 14.3. The number of benzene rings is 1. The number of anilines is 2. The Kier molecular flexibility index (Phi) is 5.35. The lowest BCUT2D eigenvalue weighted by atomic mass is 10.2. The maximum atomic E-state index is 12.5. The van der Waals surface area contributed by atoms with Crippen LogP contribution in [0, 0.1) is 0 Å². The van der Waals surface area contributed by atoms with Crippen molar-refractivity contribution in [2.45, 2.75) is 0 Å². The standard InChI is InChI=1S/C18H21N3O4/c1-23-15-7-6-13(12-16(15)24-2)19-18(22)14-4-3-5-17(20-14)21-8-10-25-11-9-21/h3-7,12H,8-11H2,1-2H3,(H,19,22). The molecule has 0 radical (unpaired) electrons. The van der Waals surface area contributed by atoms with E-state index in [-0.39, 0.29) is 5.91 Å². The lowest BCUT2D eigenvalue weighted by molar-refractivity contribution is 0.102. The Bertz CT molecular complexity index is 745. The first-order valence-electron chi connectivity index (χ1n) is 8.04. The predicted octanol–water partition coefficient (Wildman–Crippen LogP) is 2.19. The van der Waals surface area contributed by atoms with Crippen LogP contribution in [0.3, 0.4) is 0 Å². The van der Waals surface area contributed by atoms with Crippen molar-refractivity contribution in [2.75, 3.05) is 50.7 Å². The molecular formula is C18H21N3O4. The Morgan fingerprint density at radius 2 is 1.88 bits per heavy atom. The van der Waals surface area contributed by atoms with Crippen LogP contribution in [0.25, 0.3) is 0 Å². The van der Waals surface area contributed by atoms with Gasteiger partial charge in [-0.15, -0.1) is 0 Å². The molecular weight excluding hydrogens is 322 g/mol. The molecule has 0 atom stereocenters. The van der Waals surface area contributed by atoms with Gasteiger partial charge in [0.1, 0.15) is 11.5 Å². The number of nitrogens with one attached hydrogen (secondary N) is 1. The molecule has 25 heavy (non-hydrogen) atoms. The van der Waals surface area contributed by atoms with Crippen LogP contribution in [-0.2, 0) is 4.74 Å². The summed E-state index contributed by atoms with van der Waals surface area (Å²) in [6.07, 6.45) is 0. The molecule has 7 nitrogen and oxygen atoms in total. The Morgan fingerprint density at radius 1 is 1.12 bits per heavy atom. The molecule has 1 fully saturated rings. The Balaban J connectivity index is 1.75. The normalized spacial score (nSPS) is 14.1. The van der Waals surface area contributed by atoms with Gasteiger partial charge in [0.15, 0.2) is 11.5 Å². The highest BCUT2D eigenvalue weighted by atomic mass is 16.5. The molecule has 0 unspecified atom stereocenters. The number of pyridine rings is 1. The summed E-state index contributed by atoms with van der Waals surface area (Å²) in [5.41, 5.74) is 0.972. The maximum Gasteiger partial charge on any atom is 0.274 e. The molecule has 1 N–H and O–H groups in total. The van der Waals surface area contributed by atoms with Crippen molar-refractivity contribution in [1.29, 1.82) is 0 Å². The van der Waals surface area contributed by atoms with Gasteiger partial charge in [0.2, 0.25) is 0 Å². The van der Waals surface area contributed by atoms with E-state index in [4.69, 9.17) is 14.2 Å². The van der Waals surface area contributed by atoms with E-state index in [0.29, 0.717) is 36.1 Å².